The van der Waals surface area contributed by atoms with Gasteiger partial charge in [0.2, 0.25) is 0 Å². The quantitative estimate of drug-likeness (QED) is 0.621. The fourth-order valence-corrected chi connectivity index (χ4v) is 1.14. The first-order valence-corrected chi connectivity index (χ1v) is 4.12. The van der Waals surface area contributed by atoms with E-state index in [1.165, 1.54) is 5.57 Å². The number of ether oxygens (including phenoxy) is 1. The van der Waals surface area contributed by atoms with Crippen LogP contribution in [0.15, 0.2) is 23.9 Å². The Balaban J connectivity index is 2.32. The molecule has 68 valence electrons. The fourth-order valence-electron chi connectivity index (χ4n) is 1.14. The molecule has 0 amide bonds. The van der Waals surface area contributed by atoms with Gasteiger partial charge in [0.15, 0.2) is 5.88 Å². The second kappa shape index (κ2) is 3.52. The normalized spacial score (nSPS) is 28.2. The summed E-state index contributed by atoms with van der Waals surface area (Å²) in [4.78, 5) is 0. The number of rotatable bonds is 3. The summed E-state index contributed by atoms with van der Waals surface area (Å²) in [5.74, 6) is 1.83. The Morgan fingerprint density at radius 1 is 1.50 bits per heavy atom. The Hall–Kier alpha value is -1.12. The topological polar surface area (TPSA) is 47.3 Å². The largest absolute Gasteiger partial charge is 0.482 e. The van der Waals surface area contributed by atoms with Crippen LogP contribution < -0.4 is 11.1 Å². The molecule has 1 rings (SSSR count). The van der Waals surface area contributed by atoms with E-state index in [2.05, 4.69) is 19.2 Å². The van der Waals surface area contributed by atoms with E-state index < -0.39 is 0 Å². The van der Waals surface area contributed by atoms with Crippen molar-refractivity contribution in [2.45, 2.75) is 13.8 Å². The van der Waals surface area contributed by atoms with Crippen LogP contribution in [0.4, 0.5) is 0 Å². The smallest absolute Gasteiger partial charge is 0.200 e. The third-order valence-corrected chi connectivity index (χ3v) is 2.40. The molecule has 0 spiro atoms. The van der Waals surface area contributed by atoms with Gasteiger partial charge in [-0.3, -0.25) is 0 Å². The molecule has 0 aromatic heterocycles. The molecule has 12 heavy (non-hydrogen) atoms. The minimum atomic E-state index is 0.396. The van der Waals surface area contributed by atoms with Gasteiger partial charge < -0.3 is 15.8 Å². The predicted molar refractivity (Wildman–Crippen MR) is 48.8 cm³/mol. The van der Waals surface area contributed by atoms with Crippen molar-refractivity contribution in [2.24, 2.45) is 17.6 Å². The molecule has 0 radical (unpaired) electrons. The number of allylic oxidation sites excluding steroid dienone is 1. The minimum absolute atomic E-state index is 0.396. The van der Waals surface area contributed by atoms with E-state index in [4.69, 9.17) is 10.5 Å². The lowest BCUT2D eigenvalue weighted by molar-refractivity contribution is 0.285. The number of hydrogen-bond donors (Lipinski definition) is 2. The van der Waals surface area contributed by atoms with Crippen LogP contribution in [0.3, 0.4) is 0 Å². The first kappa shape index (κ1) is 8.97. The van der Waals surface area contributed by atoms with E-state index in [-0.39, 0.29) is 0 Å². The van der Waals surface area contributed by atoms with E-state index in [0.29, 0.717) is 5.88 Å². The highest BCUT2D eigenvalue weighted by atomic mass is 16.5. The molecule has 0 bridgehead atoms. The summed E-state index contributed by atoms with van der Waals surface area (Å²) in [6.45, 7) is 4.42. The summed E-state index contributed by atoms with van der Waals surface area (Å²) in [5, 5.41) is 2.98. The minimum Gasteiger partial charge on any atom is -0.482 e. The van der Waals surface area contributed by atoms with Gasteiger partial charge in [-0.2, -0.15) is 0 Å². The van der Waals surface area contributed by atoms with Crippen LogP contribution in [0.25, 0.3) is 0 Å². The van der Waals surface area contributed by atoms with E-state index >= 15 is 0 Å². The molecule has 0 unspecified atom stereocenters. The van der Waals surface area contributed by atoms with Gasteiger partial charge in [-0.05, 0) is 17.4 Å². The van der Waals surface area contributed by atoms with Crippen LogP contribution in [-0.2, 0) is 4.74 Å². The molecular weight excluding hydrogens is 152 g/mol. The van der Waals surface area contributed by atoms with E-state index in [1.54, 1.807) is 13.3 Å². The third-order valence-electron chi connectivity index (χ3n) is 2.40. The molecule has 3 N–H and O–H groups in total. The second-order valence-corrected chi connectivity index (χ2v) is 3.14. The van der Waals surface area contributed by atoms with Gasteiger partial charge in [0.05, 0.1) is 13.3 Å². The Bertz CT molecular complexity index is 211. The molecule has 0 saturated heterocycles. The van der Waals surface area contributed by atoms with Crippen molar-refractivity contribution in [1.29, 1.82) is 0 Å². The van der Waals surface area contributed by atoms with Crippen LogP contribution in [0.5, 0.6) is 0 Å². The van der Waals surface area contributed by atoms with Gasteiger partial charge in [-0.15, -0.1) is 0 Å². The van der Waals surface area contributed by atoms with Crippen LogP contribution in [0.1, 0.15) is 13.8 Å². The van der Waals surface area contributed by atoms with Crippen molar-refractivity contribution in [1.82, 2.24) is 5.32 Å². The Labute approximate surface area is 73.3 Å². The molecule has 1 fully saturated rings. The summed E-state index contributed by atoms with van der Waals surface area (Å²) in [6, 6.07) is 0. The van der Waals surface area contributed by atoms with Crippen LogP contribution in [0, 0.1) is 11.8 Å². The molecule has 0 aromatic carbocycles. The van der Waals surface area contributed by atoms with Gasteiger partial charge in [0.25, 0.3) is 0 Å². The maximum Gasteiger partial charge on any atom is 0.200 e. The van der Waals surface area contributed by atoms with Crippen molar-refractivity contribution < 1.29 is 4.74 Å². The van der Waals surface area contributed by atoms with Crippen LogP contribution in [0.2, 0.25) is 0 Å². The SMILES string of the molecule is CO/C(N)=C\NC=C1[C@@H](C)[C@@H]1C. The first-order chi connectivity index (χ1) is 5.66. The summed E-state index contributed by atoms with van der Waals surface area (Å²) in [5.41, 5.74) is 6.84. The summed E-state index contributed by atoms with van der Waals surface area (Å²) >= 11 is 0. The van der Waals surface area contributed by atoms with Crippen molar-refractivity contribution in [3.05, 3.63) is 23.9 Å². The maximum absolute atomic E-state index is 5.40. The van der Waals surface area contributed by atoms with Gasteiger partial charge >= 0.3 is 0 Å². The number of methoxy groups -OCH3 is 1. The lowest BCUT2D eigenvalue weighted by Gasteiger charge is -1.96. The molecule has 3 nitrogen and oxygen atoms in total. The van der Waals surface area contributed by atoms with Gasteiger partial charge in [-0.25, -0.2) is 0 Å². The molecule has 2 atom stereocenters. The molecular formula is C9H16N2O. The van der Waals surface area contributed by atoms with Crippen LogP contribution in [-0.4, -0.2) is 7.11 Å². The summed E-state index contributed by atoms with van der Waals surface area (Å²) in [7, 11) is 1.54. The molecule has 0 aromatic rings. The maximum atomic E-state index is 5.40. The summed E-state index contributed by atoms with van der Waals surface area (Å²) < 4.78 is 4.75. The number of nitrogens with one attached hydrogen (secondary N) is 1. The Morgan fingerprint density at radius 2 is 2.08 bits per heavy atom. The van der Waals surface area contributed by atoms with Crippen molar-refractivity contribution in [3.63, 3.8) is 0 Å². The number of nitrogens with two attached hydrogens (primary N) is 1. The first-order valence-electron chi connectivity index (χ1n) is 4.12. The second-order valence-electron chi connectivity index (χ2n) is 3.14. The third kappa shape index (κ3) is 1.94. The standard InChI is InChI=1S/C9H16N2O/c1-6-7(2)8(6)4-11-5-9(10)12-3/h4-7,11H,10H2,1-3H3/b9-5-/t6-,7-/m0/s1. The molecule has 1 aliphatic rings. The average molecular weight is 168 g/mol. The van der Waals surface area contributed by atoms with E-state index in [1.807, 2.05) is 6.20 Å². The zero-order valence-electron chi connectivity index (χ0n) is 7.79. The monoisotopic (exact) mass is 168 g/mol. The van der Waals surface area contributed by atoms with Gasteiger partial charge in [0.1, 0.15) is 0 Å². The zero-order valence-corrected chi connectivity index (χ0v) is 7.79. The predicted octanol–water partition coefficient (Wildman–Crippen LogP) is 1.15. The molecule has 0 aliphatic heterocycles. The molecule has 1 aliphatic carbocycles. The van der Waals surface area contributed by atoms with Crippen molar-refractivity contribution in [2.75, 3.05) is 7.11 Å². The van der Waals surface area contributed by atoms with E-state index in [0.717, 1.165) is 11.8 Å². The Morgan fingerprint density at radius 3 is 2.50 bits per heavy atom. The van der Waals surface area contributed by atoms with Gasteiger partial charge in [-0.1, -0.05) is 13.8 Å². The summed E-state index contributed by atoms with van der Waals surface area (Å²) in [6.07, 6.45) is 3.63. The highest BCUT2D eigenvalue weighted by molar-refractivity contribution is 5.26. The van der Waals surface area contributed by atoms with Crippen LogP contribution >= 0.6 is 0 Å². The lowest BCUT2D eigenvalue weighted by atomic mass is 10.4. The van der Waals surface area contributed by atoms with E-state index in [9.17, 15) is 0 Å². The average Bonchev–Trinajstić information content (AvgIpc) is 2.62. The lowest BCUT2D eigenvalue weighted by Crippen LogP contribution is -2.04. The van der Waals surface area contributed by atoms with Crippen molar-refractivity contribution in [3.8, 4) is 0 Å². The zero-order chi connectivity index (χ0) is 9.14. The highest BCUT2D eigenvalue weighted by Gasteiger charge is 2.35. The van der Waals surface area contributed by atoms with Gasteiger partial charge in [0, 0.05) is 6.20 Å². The fraction of sp³-hybridized carbons (Fsp3) is 0.556. The number of hydrogen-bond acceptors (Lipinski definition) is 3. The highest BCUT2D eigenvalue weighted by Crippen LogP contribution is 2.43. The molecule has 3 heteroatoms. The van der Waals surface area contributed by atoms with Crippen molar-refractivity contribution >= 4 is 0 Å². The molecule has 0 heterocycles. The molecule has 1 saturated carbocycles. The Kier molecular flexibility index (Phi) is 2.63.